The Balaban J connectivity index is 1.83. The first-order valence-corrected chi connectivity index (χ1v) is 8.17. The molecule has 2 unspecified atom stereocenters. The summed E-state index contributed by atoms with van der Waals surface area (Å²) in [5, 5.41) is 22.3. The maximum Gasteiger partial charge on any atom is 0.407 e. The third-order valence-electron chi connectivity index (χ3n) is 3.22. The van der Waals surface area contributed by atoms with Gasteiger partial charge in [0.1, 0.15) is 18.8 Å². The first-order chi connectivity index (χ1) is 11.5. The molecule has 2 rings (SSSR count). The number of alkyl carbamates (subject to hydrolysis) is 1. The molecule has 0 aliphatic rings. The molecule has 8 heteroatoms. The fourth-order valence-electron chi connectivity index (χ4n) is 1.96. The Kier molecular flexibility index (Phi) is 6.88. The number of nitrogens with one attached hydrogen (secondary N) is 1. The lowest BCUT2D eigenvalue weighted by atomic mass is 10.1. The number of carbonyl (C=O) groups excluding carboxylic acids is 1. The molecule has 24 heavy (non-hydrogen) atoms. The summed E-state index contributed by atoms with van der Waals surface area (Å²) >= 11 is 1.83. The molecule has 1 aromatic heterocycles. The monoisotopic (exact) mass is 446 g/mol. The van der Waals surface area contributed by atoms with E-state index in [9.17, 15) is 19.4 Å². The Morgan fingerprint density at radius 1 is 1.29 bits per heavy atom. The minimum Gasteiger partial charge on any atom is -0.445 e. The second-order valence-corrected chi connectivity index (χ2v) is 6.11. The average Bonchev–Trinajstić information content (AvgIpc) is 2.58. The lowest BCUT2D eigenvalue weighted by Crippen LogP contribution is -2.36. The van der Waals surface area contributed by atoms with E-state index in [0.29, 0.717) is 3.57 Å². The fourth-order valence-corrected chi connectivity index (χ4v) is 2.66. The third-order valence-corrected chi connectivity index (χ3v) is 4.16. The van der Waals surface area contributed by atoms with Gasteiger partial charge in [-0.15, -0.1) is 0 Å². The van der Waals surface area contributed by atoms with E-state index in [2.05, 4.69) is 10.3 Å². The molecule has 0 bridgehead atoms. The molecular weight excluding hydrogens is 430 g/mol. The van der Waals surface area contributed by atoms with Crippen LogP contribution in [0, 0.1) is 9.52 Å². The van der Waals surface area contributed by atoms with Crippen LogP contribution in [0.3, 0.4) is 0 Å². The van der Waals surface area contributed by atoms with Crippen LogP contribution in [0.25, 0.3) is 0 Å². The number of pyridine rings is 1. The number of hydrogen-bond acceptors (Lipinski definition) is 5. The van der Waals surface area contributed by atoms with Crippen LogP contribution in [0.4, 0.5) is 9.18 Å². The number of halogens is 2. The highest BCUT2D eigenvalue weighted by Gasteiger charge is 2.25. The zero-order chi connectivity index (χ0) is 17.5. The number of carbonyl (C=O) groups is 1. The molecule has 0 fully saturated rings. The van der Waals surface area contributed by atoms with Gasteiger partial charge in [0.2, 0.25) is 5.95 Å². The van der Waals surface area contributed by atoms with Crippen LogP contribution in [0.2, 0.25) is 0 Å². The second-order valence-electron chi connectivity index (χ2n) is 4.95. The minimum absolute atomic E-state index is 0.0838. The van der Waals surface area contributed by atoms with Gasteiger partial charge in [0.05, 0.1) is 5.56 Å². The predicted molar refractivity (Wildman–Crippen MR) is 92.5 cm³/mol. The molecule has 0 saturated heterocycles. The number of aliphatic hydroxyl groups excluding tert-OH is 2. The molecule has 1 heterocycles. The predicted octanol–water partition coefficient (Wildman–Crippen LogP) is 2.15. The highest BCUT2D eigenvalue weighted by atomic mass is 127. The van der Waals surface area contributed by atoms with Gasteiger partial charge in [-0.3, -0.25) is 0 Å². The molecule has 1 aromatic carbocycles. The molecule has 0 aliphatic carbocycles. The van der Waals surface area contributed by atoms with Crippen LogP contribution in [-0.4, -0.2) is 33.9 Å². The largest absolute Gasteiger partial charge is 0.445 e. The first-order valence-electron chi connectivity index (χ1n) is 7.09. The van der Waals surface area contributed by atoms with Gasteiger partial charge in [-0.1, -0.05) is 30.3 Å². The van der Waals surface area contributed by atoms with Crippen molar-refractivity contribution in [2.45, 2.75) is 18.8 Å². The quantitative estimate of drug-likeness (QED) is 0.468. The molecule has 0 aliphatic heterocycles. The first kappa shape index (κ1) is 18.6. The summed E-state index contributed by atoms with van der Waals surface area (Å²) in [6.07, 6.45) is -2.40. The van der Waals surface area contributed by atoms with Crippen molar-refractivity contribution in [2.24, 2.45) is 0 Å². The summed E-state index contributed by atoms with van der Waals surface area (Å²) in [6.45, 7) is -0.209. The third kappa shape index (κ3) is 5.11. The zero-order valence-corrected chi connectivity index (χ0v) is 14.7. The molecule has 128 valence electrons. The summed E-state index contributed by atoms with van der Waals surface area (Å²) in [6, 6.07) is 10.6. The van der Waals surface area contributed by atoms with Gasteiger partial charge in [0.25, 0.3) is 0 Å². The Morgan fingerprint density at radius 2 is 2.00 bits per heavy atom. The number of ether oxygens (including phenoxy) is 1. The van der Waals surface area contributed by atoms with Gasteiger partial charge >= 0.3 is 6.09 Å². The maximum absolute atomic E-state index is 13.7. The van der Waals surface area contributed by atoms with Crippen LogP contribution in [0.5, 0.6) is 0 Å². The van der Waals surface area contributed by atoms with Gasteiger partial charge in [-0.2, -0.15) is 4.39 Å². The van der Waals surface area contributed by atoms with Gasteiger partial charge in [0.15, 0.2) is 0 Å². The van der Waals surface area contributed by atoms with E-state index in [1.807, 2.05) is 40.8 Å². The van der Waals surface area contributed by atoms with Crippen LogP contribution in [0.15, 0.2) is 42.6 Å². The number of aliphatic hydroxyl groups is 2. The molecule has 0 spiro atoms. The van der Waals surface area contributed by atoms with Gasteiger partial charge in [0, 0.05) is 16.3 Å². The Labute approximate surface area is 151 Å². The lowest BCUT2D eigenvalue weighted by molar-refractivity contribution is 0.0154. The molecule has 0 radical (unpaired) electrons. The summed E-state index contributed by atoms with van der Waals surface area (Å²) in [7, 11) is 0. The van der Waals surface area contributed by atoms with Crippen molar-refractivity contribution in [1.29, 1.82) is 0 Å². The number of nitrogens with zero attached hydrogens (tertiary/aromatic N) is 1. The molecule has 6 nitrogen and oxygen atoms in total. The summed E-state index contributed by atoms with van der Waals surface area (Å²) in [5.41, 5.74) is 0.713. The molecule has 3 N–H and O–H groups in total. The van der Waals surface area contributed by atoms with E-state index >= 15 is 0 Å². The average molecular weight is 446 g/mol. The van der Waals surface area contributed by atoms with Crippen molar-refractivity contribution in [3.63, 3.8) is 0 Å². The van der Waals surface area contributed by atoms with Gasteiger partial charge < -0.3 is 20.3 Å². The van der Waals surface area contributed by atoms with Crippen molar-refractivity contribution < 1.29 is 24.1 Å². The smallest absolute Gasteiger partial charge is 0.407 e. The van der Waals surface area contributed by atoms with E-state index in [4.69, 9.17) is 4.74 Å². The minimum atomic E-state index is -1.51. The summed E-state index contributed by atoms with van der Waals surface area (Å²) in [4.78, 5) is 15.0. The van der Waals surface area contributed by atoms with Crippen molar-refractivity contribution >= 4 is 28.7 Å². The van der Waals surface area contributed by atoms with E-state index in [0.717, 1.165) is 5.56 Å². The molecule has 2 aromatic rings. The SMILES string of the molecule is O=C(NCC(O)C(O)c1c(I)ccnc1F)OCc1ccccc1. The van der Waals surface area contributed by atoms with Crippen LogP contribution < -0.4 is 5.32 Å². The topological polar surface area (TPSA) is 91.7 Å². The van der Waals surface area contributed by atoms with Crippen molar-refractivity contribution in [3.05, 3.63) is 63.2 Å². The van der Waals surface area contributed by atoms with Gasteiger partial charge in [-0.25, -0.2) is 9.78 Å². The number of benzene rings is 1. The van der Waals surface area contributed by atoms with Crippen molar-refractivity contribution in [1.82, 2.24) is 10.3 Å². The van der Waals surface area contributed by atoms with Gasteiger partial charge in [-0.05, 0) is 34.2 Å². The lowest BCUT2D eigenvalue weighted by Gasteiger charge is -2.19. The van der Waals surface area contributed by atoms with Crippen molar-refractivity contribution in [3.8, 4) is 0 Å². The van der Waals surface area contributed by atoms with Crippen LogP contribution in [-0.2, 0) is 11.3 Å². The number of aromatic nitrogens is 1. The highest BCUT2D eigenvalue weighted by Crippen LogP contribution is 2.24. The number of hydrogen-bond donors (Lipinski definition) is 3. The van der Waals surface area contributed by atoms with Crippen molar-refractivity contribution in [2.75, 3.05) is 6.54 Å². The summed E-state index contributed by atoms with van der Waals surface area (Å²) < 4.78 is 19.1. The maximum atomic E-state index is 13.7. The highest BCUT2D eigenvalue weighted by molar-refractivity contribution is 14.1. The zero-order valence-electron chi connectivity index (χ0n) is 12.5. The Morgan fingerprint density at radius 3 is 2.67 bits per heavy atom. The molecular formula is C16H16FIN2O4. The molecule has 0 saturated carbocycles. The Bertz CT molecular complexity index is 667. The molecule has 2 atom stereocenters. The second kappa shape index (κ2) is 8.90. The van der Waals surface area contributed by atoms with E-state index < -0.39 is 24.2 Å². The Hall–Kier alpha value is -1.78. The van der Waals surface area contributed by atoms with Crippen LogP contribution >= 0.6 is 22.6 Å². The molecule has 1 amide bonds. The number of amides is 1. The summed E-state index contributed by atoms with van der Waals surface area (Å²) in [5.74, 6) is -0.861. The number of rotatable bonds is 6. The normalized spacial score (nSPS) is 13.2. The van der Waals surface area contributed by atoms with E-state index in [1.165, 1.54) is 12.3 Å². The van der Waals surface area contributed by atoms with Crippen LogP contribution in [0.1, 0.15) is 17.2 Å². The fraction of sp³-hybridized carbons (Fsp3) is 0.250. The van der Waals surface area contributed by atoms with E-state index in [-0.39, 0.29) is 18.7 Å². The standard InChI is InChI=1S/C16H16FIN2O4/c17-15-13(11(18)6-7-19-15)14(22)12(21)8-20-16(23)24-9-10-4-2-1-3-5-10/h1-7,12,14,21-22H,8-9H2,(H,20,23). The van der Waals surface area contributed by atoms with E-state index in [1.54, 1.807) is 12.1 Å².